The summed E-state index contributed by atoms with van der Waals surface area (Å²) in [6.45, 7) is 5.87. The van der Waals surface area contributed by atoms with Gasteiger partial charge in [0.15, 0.2) is 11.5 Å². The van der Waals surface area contributed by atoms with Gasteiger partial charge in [-0.15, -0.1) is 0 Å². The molecule has 1 atom stereocenters. The van der Waals surface area contributed by atoms with Crippen LogP contribution < -0.4 is 14.8 Å². The van der Waals surface area contributed by atoms with Crippen LogP contribution in [0.15, 0.2) is 18.2 Å². The van der Waals surface area contributed by atoms with Crippen molar-refractivity contribution in [3.8, 4) is 11.5 Å². The number of rotatable bonds is 8. The molecule has 0 aliphatic carbocycles. The van der Waals surface area contributed by atoms with E-state index in [0.29, 0.717) is 11.5 Å². The normalized spacial score (nSPS) is 12.4. The topological polar surface area (TPSA) is 94.1 Å². The fourth-order valence-electron chi connectivity index (χ4n) is 1.96. The van der Waals surface area contributed by atoms with E-state index in [1.807, 2.05) is 20.8 Å². The first-order valence-corrected chi connectivity index (χ1v) is 7.57. The van der Waals surface area contributed by atoms with Crippen LogP contribution in [0.5, 0.6) is 11.5 Å². The minimum absolute atomic E-state index is 0.172. The maximum atomic E-state index is 12.3. The van der Waals surface area contributed by atoms with E-state index >= 15 is 0 Å². The van der Waals surface area contributed by atoms with Gasteiger partial charge in [0.25, 0.3) is 5.91 Å². The minimum Gasteiger partial charge on any atom is -0.493 e. The Labute approximate surface area is 141 Å². The van der Waals surface area contributed by atoms with E-state index in [1.165, 1.54) is 20.3 Å². The SMILES string of the molecule is COc1ccc(C(=O)NC(CCOC(C)(C)C)C(=O)O)cc1OC. The molecule has 1 amide bonds. The highest BCUT2D eigenvalue weighted by molar-refractivity contribution is 5.97. The van der Waals surface area contributed by atoms with Gasteiger partial charge in [0.1, 0.15) is 6.04 Å². The second-order valence-corrected chi connectivity index (χ2v) is 6.18. The number of nitrogens with one attached hydrogen (secondary N) is 1. The average Bonchev–Trinajstić information content (AvgIpc) is 2.51. The standard InChI is InChI=1S/C17H25NO6/c1-17(2,3)24-9-8-12(16(20)21)18-15(19)11-6-7-13(22-4)14(10-11)23-5/h6-7,10,12H,8-9H2,1-5H3,(H,18,19)(H,20,21). The van der Waals surface area contributed by atoms with Crippen LogP contribution in [0.25, 0.3) is 0 Å². The molecule has 1 unspecified atom stereocenters. The summed E-state index contributed by atoms with van der Waals surface area (Å²) in [7, 11) is 2.96. The van der Waals surface area contributed by atoms with E-state index in [1.54, 1.807) is 12.1 Å². The summed E-state index contributed by atoms with van der Waals surface area (Å²) in [5.74, 6) is -0.726. The molecule has 2 N–H and O–H groups in total. The van der Waals surface area contributed by atoms with Crippen LogP contribution in [0.4, 0.5) is 0 Å². The summed E-state index contributed by atoms with van der Waals surface area (Å²) < 4.78 is 15.8. The van der Waals surface area contributed by atoms with Crippen LogP contribution in [-0.4, -0.2) is 49.5 Å². The summed E-state index contributed by atoms with van der Waals surface area (Å²) in [6, 6.07) is 3.60. The van der Waals surface area contributed by atoms with Crippen molar-refractivity contribution < 1.29 is 28.9 Å². The van der Waals surface area contributed by atoms with Gasteiger partial charge >= 0.3 is 5.97 Å². The number of hydrogen-bond donors (Lipinski definition) is 2. The molecular weight excluding hydrogens is 314 g/mol. The second-order valence-electron chi connectivity index (χ2n) is 6.18. The summed E-state index contributed by atoms with van der Waals surface area (Å²) in [4.78, 5) is 23.6. The number of carbonyl (C=O) groups is 2. The first-order valence-electron chi connectivity index (χ1n) is 7.57. The Morgan fingerprint density at radius 2 is 1.79 bits per heavy atom. The lowest BCUT2D eigenvalue weighted by Crippen LogP contribution is -2.42. The quantitative estimate of drug-likeness (QED) is 0.753. The number of methoxy groups -OCH3 is 2. The summed E-state index contributed by atoms with van der Waals surface area (Å²) >= 11 is 0. The van der Waals surface area contributed by atoms with Gasteiger partial charge in [0, 0.05) is 18.6 Å². The highest BCUT2D eigenvalue weighted by Crippen LogP contribution is 2.27. The molecule has 0 saturated heterocycles. The first kappa shape index (κ1) is 19.8. The highest BCUT2D eigenvalue weighted by atomic mass is 16.5. The average molecular weight is 339 g/mol. The zero-order chi connectivity index (χ0) is 18.3. The van der Waals surface area contributed by atoms with Crippen molar-refractivity contribution in [3.63, 3.8) is 0 Å². The van der Waals surface area contributed by atoms with Gasteiger partial charge in [-0.25, -0.2) is 4.79 Å². The Bertz CT molecular complexity index is 579. The van der Waals surface area contributed by atoms with Crippen LogP contribution in [0.3, 0.4) is 0 Å². The smallest absolute Gasteiger partial charge is 0.326 e. The molecule has 1 aromatic carbocycles. The van der Waals surface area contributed by atoms with E-state index in [0.717, 1.165) is 0 Å². The Balaban J connectivity index is 2.76. The molecule has 0 aliphatic heterocycles. The predicted molar refractivity (Wildman–Crippen MR) is 88.8 cm³/mol. The number of ether oxygens (including phenoxy) is 3. The van der Waals surface area contributed by atoms with Crippen molar-refractivity contribution in [2.45, 2.75) is 38.8 Å². The van der Waals surface area contributed by atoms with Gasteiger partial charge in [-0.05, 0) is 39.0 Å². The lowest BCUT2D eigenvalue weighted by Gasteiger charge is -2.21. The molecule has 1 aromatic rings. The highest BCUT2D eigenvalue weighted by Gasteiger charge is 2.22. The lowest BCUT2D eigenvalue weighted by atomic mass is 10.1. The number of carbonyl (C=O) groups excluding carboxylic acids is 1. The molecule has 24 heavy (non-hydrogen) atoms. The van der Waals surface area contributed by atoms with E-state index in [2.05, 4.69) is 5.32 Å². The number of hydrogen-bond acceptors (Lipinski definition) is 5. The first-order chi connectivity index (χ1) is 11.2. The molecule has 7 heteroatoms. The summed E-state index contributed by atoms with van der Waals surface area (Å²) in [5.41, 5.74) is -0.0770. The maximum Gasteiger partial charge on any atom is 0.326 e. The van der Waals surface area contributed by atoms with Crippen molar-refractivity contribution in [1.29, 1.82) is 0 Å². The van der Waals surface area contributed by atoms with Gasteiger partial charge < -0.3 is 24.6 Å². The predicted octanol–water partition coefficient (Wildman–Crippen LogP) is 2.09. The third-order valence-corrected chi connectivity index (χ3v) is 3.19. The van der Waals surface area contributed by atoms with Crippen molar-refractivity contribution in [2.75, 3.05) is 20.8 Å². The van der Waals surface area contributed by atoms with Crippen LogP contribution in [-0.2, 0) is 9.53 Å². The van der Waals surface area contributed by atoms with Gasteiger partial charge in [-0.1, -0.05) is 0 Å². The van der Waals surface area contributed by atoms with E-state index in [9.17, 15) is 14.7 Å². The minimum atomic E-state index is -1.11. The molecule has 0 aliphatic rings. The van der Waals surface area contributed by atoms with Gasteiger partial charge in [0.2, 0.25) is 0 Å². The van der Waals surface area contributed by atoms with Crippen LogP contribution >= 0.6 is 0 Å². The molecular formula is C17H25NO6. The summed E-state index contributed by atoms with van der Waals surface area (Å²) in [6.07, 6.45) is 0.172. The van der Waals surface area contributed by atoms with Crippen molar-refractivity contribution in [3.05, 3.63) is 23.8 Å². The molecule has 0 saturated carbocycles. The van der Waals surface area contributed by atoms with Gasteiger partial charge in [-0.3, -0.25) is 4.79 Å². The molecule has 0 aromatic heterocycles. The molecule has 0 radical (unpaired) electrons. The number of benzene rings is 1. The fourth-order valence-corrected chi connectivity index (χ4v) is 1.96. The monoisotopic (exact) mass is 339 g/mol. The van der Waals surface area contributed by atoms with Gasteiger partial charge in [-0.2, -0.15) is 0 Å². The van der Waals surface area contributed by atoms with Crippen LogP contribution in [0, 0.1) is 0 Å². The number of carboxylic acids is 1. The van der Waals surface area contributed by atoms with E-state index < -0.39 is 17.9 Å². The Hall–Kier alpha value is -2.28. The van der Waals surface area contributed by atoms with Gasteiger partial charge in [0.05, 0.1) is 19.8 Å². The summed E-state index contributed by atoms with van der Waals surface area (Å²) in [5, 5.41) is 11.8. The molecule has 0 heterocycles. The van der Waals surface area contributed by atoms with Crippen molar-refractivity contribution >= 4 is 11.9 Å². The van der Waals surface area contributed by atoms with Crippen LogP contribution in [0.2, 0.25) is 0 Å². The molecule has 1 rings (SSSR count). The number of amides is 1. The molecule has 7 nitrogen and oxygen atoms in total. The lowest BCUT2D eigenvalue weighted by molar-refractivity contribution is -0.140. The molecule has 0 spiro atoms. The molecule has 0 bridgehead atoms. The Morgan fingerprint density at radius 3 is 2.29 bits per heavy atom. The second kappa shape index (κ2) is 8.54. The zero-order valence-electron chi connectivity index (χ0n) is 14.7. The maximum absolute atomic E-state index is 12.3. The van der Waals surface area contributed by atoms with E-state index in [4.69, 9.17) is 14.2 Å². The third kappa shape index (κ3) is 6.08. The zero-order valence-corrected chi connectivity index (χ0v) is 14.7. The Morgan fingerprint density at radius 1 is 1.17 bits per heavy atom. The largest absolute Gasteiger partial charge is 0.493 e. The Kier molecular flexibility index (Phi) is 7.03. The van der Waals surface area contributed by atoms with Crippen molar-refractivity contribution in [2.24, 2.45) is 0 Å². The molecule has 134 valence electrons. The molecule has 0 fully saturated rings. The van der Waals surface area contributed by atoms with Crippen LogP contribution in [0.1, 0.15) is 37.6 Å². The number of carboxylic acid groups (broad SMARTS) is 1. The number of aliphatic carboxylic acids is 1. The van der Waals surface area contributed by atoms with E-state index in [-0.39, 0.29) is 24.2 Å². The van der Waals surface area contributed by atoms with Crippen molar-refractivity contribution in [1.82, 2.24) is 5.32 Å². The third-order valence-electron chi connectivity index (χ3n) is 3.19. The fraction of sp³-hybridized carbons (Fsp3) is 0.529.